The third kappa shape index (κ3) is 5.22. The summed E-state index contributed by atoms with van der Waals surface area (Å²) in [4.78, 5) is 49.3. The van der Waals surface area contributed by atoms with Crippen LogP contribution in [0.3, 0.4) is 0 Å². The first-order valence-electron chi connectivity index (χ1n) is 10.4. The predicted molar refractivity (Wildman–Crippen MR) is 121 cm³/mol. The zero-order chi connectivity index (χ0) is 23.4. The molecule has 1 aliphatic rings. The highest BCUT2D eigenvalue weighted by molar-refractivity contribution is 7.15. The average Bonchev–Trinajstić information content (AvgIpc) is 3.32. The Bertz CT molecular complexity index is 994. The van der Waals surface area contributed by atoms with Gasteiger partial charge in [-0.3, -0.25) is 19.8 Å². The number of fused-ring (bicyclic) bond motifs is 1. The summed E-state index contributed by atoms with van der Waals surface area (Å²) in [5.74, 6) is -0.468. The van der Waals surface area contributed by atoms with E-state index in [9.17, 15) is 14.4 Å². The normalized spacial score (nSPS) is 16.9. The first-order valence-corrected chi connectivity index (χ1v) is 11.2. The highest BCUT2D eigenvalue weighted by atomic mass is 32.1. The number of likely N-dealkylation sites (N-methyl/N-ethyl adjacent to an activating group) is 1. The maximum atomic E-state index is 13.6. The van der Waals surface area contributed by atoms with Crippen molar-refractivity contribution in [2.45, 2.75) is 52.4 Å². The number of thiazole rings is 1. The molecule has 1 aliphatic heterocycles. The monoisotopic (exact) mass is 460 g/mol. The van der Waals surface area contributed by atoms with Crippen molar-refractivity contribution in [1.29, 1.82) is 0 Å². The molecule has 0 unspecified atom stereocenters. The average molecular weight is 461 g/mol. The number of aromatic nitrogens is 2. The second-order valence-corrected chi connectivity index (χ2v) is 9.13. The van der Waals surface area contributed by atoms with Gasteiger partial charge in [0.15, 0.2) is 11.4 Å². The van der Waals surface area contributed by atoms with Crippen LogP contribution in [0.1, 0.15) is 31.2 Å². The van der Waals surface area contributed by atoms with Gasteiger partial charge in [0.25, 0.3) is 5.91 Å². The molecule has 2 aromatic rings. The van der Waals surface area contributed by atoms with Crippen LogP contribution in [0, 0.1) is 12.8 Å². The minimum absolute atomic E-state index is 0.198. The number of ether oxygens (including phenoxy) is 1. The lowest BCUT2D eigenvalue weighted by Crippen LogP contribution is -2.56. The van der Waals surface area contributed by atoms with Crippen LogP contribution in [-0.2, 0) is 20.7 Å². The molecule has 0 saturated heterocycles. The summed E-state index contributed by atoms with van der Waals surface area (Å²) < 4.78 is 5.60. The van der Waals surface area contributed by atoms with Crippen LogP contribution in [0.2, 0.25) is 0 Å². The Balaban J connectivity index is 1.82. The molecule has 3 atom stereocenters. The van der Waals surface area contributed by atoms with Gasteiger partial charge in [0, 0.05) is 29.3 Å². The van der Waals surface area contributed by atoms with E-state index in [0.29, 0.717) is 17.4 Å². The number of nitrogens with one attached hydrogen (secondary N) is 3. The molecule has 3 heterocycles. The van der Waals surface area contributed by atoms with E-state index in [4.69, 9.17) is 4.74 Å². The fourth-order valence-electron chi connectivity index (χ4n) is 3.29. The topological polar surface area (TPSA) is 126 Å². The van der Waals surface area contributed by atoms with E-state index in [1.165, 1.54) is 16.2 Å². The lowest BCUT2D eigenvalue weighted by atomic mass is 10.0. The van der Waals surface area contributed by atoms with Crippen LogP contribution in [0.15, 0.2) is 24.5 Å². The molecule has 0 radical (unpaired) electrons. The van der Waals surface area contributed by atoms with E-state index in [2.05, 4.69) is 25.9 Å². The van der Waals surface area contributed by atoms with Gasteiger partial charge in [0.2, 0.25) is 5.91 Å². The molecular formula is C21H28N6O4S. The highest BCUT2D eigenvalue weighted by Crippen LogP contribution is 2.32. The Hall–Kier alpha value is -3.05. The third-order valence-corrected chi connectivity index (χ3v) is 5.97. The van der Waals surface area contributed by atoms with Gasteiger partial charge in [0.1, 0.15) is 11.9 Å². The molecule has 32 heavy (non-hydrogen) atoms. The number of carbonyl (C=O) groups excluding carboxylic acids is 3. The molecule has 3 N–H and O–H groups in total. The first-order chi connectivity index (χ1) is 15.2. The number of hydrogen-bond donors (Lipinski definition) is 3. The summed E-state index contributed by atoms with van der Waals surface area (Å²) in [5, 5.41) is 8.67. The fourth-order valence-corrected chi connectivity index (χ4v) is 3.94. The van der Waals surface area contributed by atoms with E-state index in [1.54, 1.807) is 32.4 Å². The van der Waals surface area contributed by atoms with Gasteiger partial charge in [0.05, 0.1) is 6.04 Å². The van der Waals surface area contributed by atoms with Crippen molar-refractivity contribution >= 4 is 40.2 Å². The molecule has 172 valence electrons. The van der Waals surface area contributed by atoms with Crippen LogP contribution in [0.5, 0.6) is 0 Å². The van der Waals surface area contributed by atoms with Crippen molar-refractivity contribution < 1.29 is 19.1 Å². The summed E-state index contributed by atoms with van der Waals surface area (Å²) >= 11 is 1.32. The molecule has 0 fully saturated rings. The SMILES string of the molecule is CN[C@@H](C)C(=O)N[C@H](C(=O)N1c2ncccc2C[C@@H]1OC(=O)Nc1ncc(C)s1)C(C)C. The minimum atomic E-state index is -0.895. The lowest BCUT2D eigenvalue weighted by molar-refractivity contribution is -0.130. The van der Waals surface area contributed by atoms with Crippen LogP contribution < -0.4 is 20.9 Å². The molecular weight excluding hydrogens is 432 g/mol. The van der Waals surface area contributed by atoms with E-state index in [1.807, 2.05) is 26.8 Å². The van der Waals surface area contributed by atoms with E-state index < -0.39 is 30.3 Å². The highest BCUT2D eigenvalue weighted by Gasteiger charge is 2.41. The van der Waals surface area contributed by atoms with Gasteiger partial charge in [-0.05, 0) is 32.9 Å². The van der Waals surface area contributed by atoms with Gasteiger partial charge in [-0.25, -0.2) is 14.8 Å². The molecule has 0 aliphatic carbocycles. The Morgan fingerprint density at radius 2 is 2.00 bits per heavy atom. The van der Waals surface area contributed by atoms with E-state index >= 15 is 0 Å². The molecule has 3 rings (SSSR count). The zero-order valence-electron chi connectivity index (χ0n) is 18.7. The summed E-state index contributed by atoms with van der Waals surface area (Å²) in [6, 6.07) is 2.31. The van der Waals surface area contributed by atoms with Gasteiger partial charge in [-0.2, -0.15) is 0 Å². The predicted octanol–water partition coefficient (Wildman–Crippen LogP) is 2.06. The Labute approximate surface area is 190 Å². The minimum Gasteiger partial charge on any atom is -0.424 e. The quantitative estimate of drug-likeness (QED) is 0.577. The van der Waals surface area contributed by atoms with Crippen LogP contribution in [0.25, 0.3) is 0 Å². The maximum Gasteiger partial charge on any atom is 0.415 e. The molecule has 0 aromatic carbocycles. The van der Waals surface area contributed by atoms with Crippen molar-refractivity contribution in [3.63, 3.8) is 0 Å². The summed E-state index contributed by atoms with van der Waals surface area (Å²) in [6.07, 6.45) is 1.90. The number of rotatable bonds is 7. The van der Waals surface area contributed by atoms with Crippen LogP contribution in [-0.4, -0.2) is 53.2 Å². The number of nitrogens with zero attached hydrogens (tertiary/aromatic N) is 3. The summed E-state index contributed by atoms with van der Waals surface area (Å²) in [5.41, 5.74) is 0.779. The van der Waals surface area contributed by atoms with E-state index in [0.717, 1.165) is 10.4 Å². The molecule has 11 heteroatoms. The summed E-state index contributed by atoms with van der Waals surface area (Å²) in [7, 11) is 1.67. The third-order valence-electron chi connectivity index (χ3n) is 5.15. The van der Waals surface area contributed by atoms with E-state index in [-0.39, 0.29) is 11.8 Å². The number of aryl methyl sites for hydroxylation is 1. The number of anilines is 2. The lowest BCUT2D eigenvalue weighted by Gasteiger charge is -2.31. The molecule has 2 aromatic heterocycles. The number of hydrogen-bond acceptors (Lipinski definition) is 8. The second kappa shape index (κ2) is 10.0. The van der Waals surface area contributed by atoms with Gasteiger partial charge >= 0.3 is 6.09 Å². The molecule has 10 nitrogen and oxygen atoms in total. The van der Waals surface area contributed by atoms with Crippen molar-refractivity contribution in [2.24, 2.45) is 5.92 Å². The Kier molecular flexibility index (Phi) is 7.41. The van der Waals surface area contributed by atoms with Gasteiger partial charge in [-0.1, -0.05) is 19.9 Å². The Morgan fingerprint density at radius 1 is 1.25 bits per heavy atom. The first kappa shape index (κ1) is 23.6. The van der Waals surface area contributed by atoms with Crippen molar-refractivity contribution in [3.05, 3.63) is 35.0 Å². The van der Waals surface area contributed by atoms with Gasteiger partial charge < -0.3 is 15.4 Å². The van der Waals surface area contributed by atoms with Gasteiger partial charge in [-0.15, -0.1) is 11.3 Å². The standard InChI is InChI=1S/C21H28N6O4S/c1-11(2)16(25-18(28)13(4)22-5)19(29)27-15(9-14-7-6-8-23-17(14)27)31-21(30)26-20-24-10-12(3)32-20/h6-8,10-11,13,15-16,22H,9H2,1-5H3,(H,25,28)(H,24,26,30)/t13-,15-,16-/m0/s1. The summed E-state index contributed by atoms with van der Waals surface area (Å²) in [6.45, 7) is 7.27. The second-order valence-electron chi connectivity index (χ2n) is 7.90. The van der Waals surface area contributed by atoms with Crippen molar-refractivity contribution in [3.8, 4) is 0 Å². The maximum absolute atomic E-state index is 13.6. The Morgan fingerprint density at radius 3 is 2.62 bits per heavy atom. The molecule has 0 saturated carbocycles. The molecule has 0 spiro atoms. The van der Waals surface area contributed by atoms with Crippen LogP contribution in [0.4, 0.5) is 15.7 Å². The molecule has 0 bridgehead atoms. The largest absolute Gasteiger partial charge is 0.424 e. The van der Waals surface area contributed by atoms with Crippen molar-refractivity contribution in [2.75, 3.05) is 17.3 Å². The van der Waals surface area contributed by atoms with Crippen molar-refractivity contribution in [1.82, 2.24) is 20.6 Å². The zero-order valence-corrected chi connectivity index (χ0v) is 19.5. The van der Waals surface area contributed by atoms with Crippen LogP contribution >= 0.6 is 11.3 Å². The fraction of sp³-hybridized carbons (Fsp3) is 0.476. The molecule has 3 amide bonds. The number of pyridine rings is 1. The number of amides is 3. The number of carbonyl (C=O) groups is 3. The smallest absolute Gasteiger partial charge is 0.415 e.